The molecule has 3 aromatic rings. The normalized spacial score (nSPS) is 15.9. The summed E-state index contributed by atoms with van der Waals surface area (Å²) in [5.41, 5.74) is 0.886. The number of urea groups is 1. The van der Waals surface area contributed by atoms with Crippen molar-refractivity contribution in [2.24, 2.45) is 0 Å². The van der Waals surface area contributed by atoms with Crippen molar-refractivity contribution in [2.75, 3.05) is 25.2 Å². The molecule has 2 amide bonds. The zero-order valence-corrected chi connectivity index (χ0v) is 17.1. The zero-order chi connectivity index (χ0) is 21.4. The van der Waals surface area contributed by atoms with E-state index >= 15 is 0 Å². The summed E-state index contributed by atoms with van der Waals surface area (Å²) in [5, 5.41) is 12.4. The Morgan fingerprint density at radius 1 is 1.06 bits per heavy atom. The predicted molar refractivity (Wildman–Crippen MR) is 110 cm³/mol. The zero-order valence-electron chi connectivity index (χ0n) is 16.3. The molecule has 0 aliphatic carbocycles. The second-order valence-corrected chi connectivity index (χ2v) is 8.34. The van der Waals surface area contributed by atoms with Crippen LogP contribution in [-0.2, 0) is 0 Å². The molecule has 2 aliphatic rings. The van der Waals surface area contributed by atoms with E-state index in [0.717, 1.165) is 23.9 Å². The molecule has 7 nitrogen and oxygen atoms in total. The number of amides is 2. The van der Waals surface area contributed by atoms with Crippen LogP contribution in [0.2, 0.25) is 0 Å². The number of anilines is 1. The molecule has 0 spiro atoms. The second kappa shape index (κ2) is 8.10. The molecule has 1 aromatic heterocycles. The number of hydrogen-bond acceptors (Lipinski definition) is 6. The van der Waals surface area contributed by atoms with Crippen molar-refractivity contribution in [3.8, 4) is 22.1 Å². The van der Waals surface area contributed by atoms with Gasteiger partial charge in [-0.15, -0.1) is 10.2 Å². The van der Waals surface area contributed by atoms with Crippen LogP contribution in [0.15, 0.2) is 36.4 Å². The van der Waals surface area contributed by atoms with Crippen LogP contribution in [0.3, 0.4) is 0 Å². The van der Waals surface area contributed by atoms with Gasteiger partial charge in [0.05, 0.1) is 0 Å². The van der Waals surface area contributed by atoms with E-state index in [1.807, 2.05) is 0 Å². The molecule has 31 heavy (non-hydrogen) atoms. The molecular formula is C21H18F2N4O3S. The lowest BCUT2D eigenvalue weighted by Gasteiger charge is -2.31. The van der Waals surface area contributed by atoms with E-state index in [9.17, 15) is 13.6 Å². The smallest absolute Gasteiger partial charge is 0.321 e. The molecule has 2 aromatic carbocycles. The highest BCUT2D eigenvalue weighted by Gasteiger charge is 2.27. The third-order valence-corrected chi connectivity index (χ3v) is 6.48. The van der Waals surface area contributed by atoms with Crippen LogP contribution in [0.25, 0.3) is 10.6 Å². The first-order valence-corrected chi connectivity index (χ1v) is 10.6. The molecule has 160 valence electrons. The minimum absolute atomic E-state index is 0.143. The Labute approximate surface area is 180 Å². The summed E-state index contributed by atoms with van der Waals surface area (Å²) in [6.07, 6.45) is 1.46. The quantitative estimate of drug-likeness (QED) is 0.638. The predicted octanol–water partition coefficient (Wildman–Crippen LogP) is 4.62. The topological polar surface area (TPSA) is 76.6 Å². The molecule has 1 N–H and O–H groups in total. The number of benzene rings is 2. The van der Waals surface area contributed by atoms with Gasteiger partial charge in [-0.3, -0.25) is 0 Å². The van der Waals surface area contributed by atoms with Gasteiger partial charge in [-0.05, 0) is 37.1 Å². The lowest BCUT2D eigenvalue weighted by molar-refractivity contribution is 0.174. The molecule has 1 fully saturated rings. The fourth-order valence-electron chi connectivity index (χ4n) is 3.68. The van der Waals surface area contributed by atoms with Gasteiger partial charge in [-0.2, -0.15) is 0 Å². The number of halogens is 2. The Morgan fingerprint density at radius 3 is 2.68 bits per heavy atom. The van der Waals surface area contributed by atoms with Gasteiger partial charge in [0.1, 0.15) is 16.6 Å². The van der Waals surface area contributed by atoms with E-state index in [0.29, 0.717) is 35.3 Å². The van der Waals surface area contributed by atoms with Crippen LogP contribution in [0.5, 0.6) is 11.5 Å². The summed E-state index contributed by atoms with van der Waals surface area (Å²) in [4.78, 5) is 14.4. The van der Waals surface area contributed by atoms with Crippen molar-refractivity contribution in [3.05, 3.63) is 53.0 Å². The largest absolute Gasteiger partial charge is 0.454 e. The molecule has 1 saturated heterocycles. The molecule has 0 atom stereocenters. The Morgan fingerprint density at radius 2 is 1.87 bits per heavy atom. The summed E-state index contributed by atoms with van der Waals surface area (Å²) in [5.74, 6) is 0.136. The number of piperidine rings is 1. The number of hydrogen-bond donors (Lipinski definition) is 1. The number of likely N-dealkylation sites (tertiary alicyclic amines) is 1. The van der Waals surface area contributed by atoms with Crippen LogP contribution >= 0.6 is 11.3 Å². The van der Waals surface area contributed by atoms with Crippen molar-refractivity contribution in [2.45, 2.75) is 18.8 Å². The van der Waals surface area contributed by atoms with Gasteiger partial charge in [0, 0.05) is 42.4 Å². The maximum atomic E-state index is 14.0. The van der Waals surface area contributed by atoms with Crippen molar-refractivity contribution < 1.29 is 23.0 Å². The number of fused-ring (bicyclic) bond motifs is 1. The number of carbonyl (C=O) groups excluding carboxylic acids is 1. The number of aromatic nitrogens is 2. The minimum Gasteiger partial charge on any atom is -0.454 e. The number of nitrogens with one attached hydrogen (secondary N) is 1. The maximum Gasteiger partial charge on any atom is 0.321 e. The molecule has 0 saturated carbocycles. The van der Waals surface area contributed by atoms with Gasteiger partial charge >= 0.3 is 6.03 Å². The Kier molecular flexibility index (Phi) is 5.14. The van der Waals surface area contributed by atoms with Crippen LogP contribution < -0.4 is 14.8 Å². The molecule has 0 bridgehead atoms. The highest BCUT2D eigenvalue weighted by molar-refractivity contribution is 7.14. The molecule has 10 heteroatoms. The maximum absolute atomic E-state index is 14.0. The van der Waals surface area contributed by atoms with E-state index in [-0.39, 0.29) is 24.3 Å². The van der Waals surface area contributed by atoms with Crippen LogP contribution in [0, 0.1) is 11.6 Å². The van der Waals surface area contributed by atoms with Crippen LogP contribution in [-0.4, -0.2) is 41.0 Å². The average Bonchev–Trinajstić information content (AvgIpc) is 3.43. The van der Waals surface area contributed by atoms with E-state index < -0.39 is 11.6 Å². The average molecular weight is 444 g/mol. The number of carbonyl (C=O) groups is 1. The van der Waals surface area contributed by atoms with Crippen molar-refractivity contribution in [1.82, 2.24) is 15.1 Å². The molecule has 5 rings (SSSR count). The monoisotopic (exact) mass is 444 g/mol. The minimum atomic E-state index is -0.655. The van der Waals surface area contributed by atoms with Gasteiger partial charge in [-0.25, -0.2) is 13.6 Å². The van der Waals surface area contributed by atoms with Crippen molar-refractivity contribution in [3.63, 3.8) is 0 Å². The third-order valence-electron chi connectivity index (χ3n) is 5.36. The van der Waals surface area contributed by atoms with Crippen LogP contribution in [0.1, 0.15) is 23.8 Å². The van der Waals surface area contributed by atoms with E-state index in [4.69, 9.17) is 9.47 Å². The Hall–Kier alpha value is -3.27. The van der Waals surface area contributed by atoms with Gasteiger partial charge < -0.3 is 19.7 Å². The summed E-state index contributed by atoms with van der Waals surface area (Å²) in [6.45, 7) is 1.32. The fourth-order valence-corrected chi connectivity index (χ4v) is 4.72. The molecule has 3 heterocycles. The molecular weight excluding hydrogens is 426 g/mol. The molecule has 0 unspecified atom stereocenters. The van der Waals surface area contributed by atoms with Crippen molar-refractivity contribution >= 4 is 23.1 Å². The number of rotatable bonds is 3. The van der Waals surface area contributed by atoms with E-state index in [2.05, 4.69) is 15.5 Å². The summed E-state index contributed by atoms with van der Waals surface area (Å²) >= 11 is 1.31. The third kappa shape index (κ3) is 4.02. The fraction of sp³-hybridized carbons (Fsp3) is 0.286. The Bertz CT molecular complexity index is 1130. The standard InChI is InChI=1S/C21H18F2N4O3S/c22-13-1-3-15(16(23)9-13)20-26-25-19(31-20)12-5-7-27(8-6-12)21(28)24-14-2-4-17-18(10-14)30-11-29-17/h1-4,9-10,12H,5-8,11H2,(H,24,28). The van der Waals surface area contributed by atoms with Crippen molar-refractivity contribution in [1.29, 1.82) is 0 Å². The summed E-state index contributed by atoms with van der Waals surface area (Å²) < 4.78 is 37.8. The Balaban J connectivity index is 1.20. The van der Waals surface area contributed by atoms with Gasteiger partial charge in [0.2, 0.25) is 6.79 Å². The summed E-state index contributed by atoms with van der Waals surface area (Å²) in [7, 11) is 0. The summed E-state index contributed by atoms with van der Waals surface area (Å²) in [6, 6.07) is 8.52. The first-order valence-electron chi connectivity index (χ1n) is 9.81. The lowest BCUT2D eigenvalue weighted by atomic mass is 9.98. The first-order chi connectivity index (χ1) is 15.1. The van der Waals surface area contributed by atoms with Gasteiger partial charge in [0.25, 0.3) is 0 Å². The van der Waals surface area contributed by atoms with E-state index in [1.165, 1.54) is 23.5 Å². The van der Waals surface area contributed by atoms with Gasteiger partial charge in [-0.1, -0.05) is 11.3 Å². The molecule has 0 radical (unpaired) electrons. The highest BCUT2D eigenvalue weighted by Crippen LogP contribution is 2.36. The highest BCUT2D eigenvalue weighted by atomic mass is 32.1. The second-order valence-electron chi connectivity index (χ2n) is 7.33. The number of nitrogens with zero attached hydrogens (tertiary/aromatic N) is 3. The lowest BCUT2D eigenvalue weighted by Crippen LogP contribution is -2.40. The number of ether oxygens (including phenoxy) is 2. The van der Waals surface area contributed by atoms with Gasteiger partial charge in [0.15, 0.2) is 16.5 Å². The van der Waals surface area contributed by atoms with E-state index in [1.54, 1.807) is 23.1 Å². The molecule has 2 aliphatic heterocycles. The first kappa shape index (κ1) is 19.7. The SMILES string of the molecule is O=C(Nc1ccc2c(c1)OCO2)N1CCC(c2nnc(-c3ccc(F)cc3F)s2)CC1. The van der Waals surface area contributed by atoms with Crippen LogP contribution in [0.4, 0.5) is 19.3 Å².